The number of furan rings is 1. The van der Waals surface area contributed by atoms with E-state index in [0.29, 0.717) is 27.9 Å². The van der Waals surface area contributed by atoms with Crippen LogP contribution >= 0.6 is 23.8 Å². The maximum atomic E-state index is 6.06. The predicted molar refractivity (Wildman–Crippen MR) is 89.6 cm³/mol. The summed E-state index contributed by atoms with van der Waals surface area (Å²) in [5.41, 5.74) is 0.900. The molecule has 3 aromatic rings. The van der Waals surface area contributed by atoms with Gasteiger partial charge in [0.25, 0.3) is 0 Å². The number of H-pyrrole nitrogens is 1. The monoisotopic (exact) mass is 348 g/mol. The molecule has 1 N–H and O–H groups in total. The van der Waals surface area contributed by atoms with E-state index in [1.807, 2.05) is 31.2 Å². The molecular formula is C15H13ClN4O2S. The highest BCUT2D eigenvalue weighted by Gasteiger charge is 2.06. The van der Waals surface area contributed by atoms with E-state index in [9.17, 15) is 0 Å². The van der Waals surface area contributed by atoms with Gasteiger partial charge in [0.2, 0.25) is 4.77 Å². The summed E-state index contributed by atoms with van der Waals surface area (Å²) in [6.45, 7) is 2.21. The Kier molecular flexibility index (Phi) is 4.59. The number of halogens is 1. The van der Waals surface area contributed by atoms with Crippen molar-refractivity contribution in [2.75, 3.05) is 0 Å². The smallest absolute Gasteiger partial charge is 0.216 e. The molecular weight excluding hydrogens is 336 g/mol. The Hall–Kier alpha value is -2.38. The summed E-state index contributed by atoms with van der Waals surface area (Å²) in [5, 5.41) is 11.2. The van der Waals surface area contributed by atoms with Crippen LogP contribution in [0.25, 0.3) is 0 Å². The summed E-state index contributed by atoms with van der Waals surface area (Å²) >= 11 is 11.1. The summed E-state index contributed by atoms with van der Waals surface area (Å²) < 4.78 is 13.2. The number of aromatic amines is 1. The molecule has 2 aromatic heterocycles. The van der Waals surface area contributed by atoms with Gasteiger partial charge in [-0.25, -0.2) is 0 Å². The molecule has 0 unspecified atom stereocenters. The Morgan fingerprint density at radius 3 is 3.09 bits per heavy atom. The van der Waals surface area contributed by atoms with E-state index in [2.05, 4.69) is 15.3 Å². The molecule has 6 nitrogen and oxygen atoms in total. The first-order valence-corrected chi connectivity index (χ1v) is 7.55. The first-order chi connectivity index (χ1) is 11.1. The van der Waals surface area contributed by atoms with E-state index in [1.54, 1.807) is 12.3 Å². The van der Waals surface area contributed by atoms with E-state index in [4.69, 9.17) is 33.0 Å². The Labute approximate surface area is 142 Å². The normalized spacial score (nSPS) is 11.2. The molecule has 3 rings (SSSR count). The van der Waals surface area contributed by atoms with Gasteiger partial charge in [0, 0.05) is 10.6 Å². The molecule has 0 saturated carbocycles. The van der Waals surface area contributed by atoms with Crippen molar-refractivity contribution >= 4 is 30.0 Å². The molecule has 0 aliphatic rings. The fourth-order valence-electron chi connectivity index (χ4n) is 1.88. The number of nitrogens with one attached hydrogen (secondary N) is 1. The molecule has 1 aromatic carbocycles. The van der Waals surface area contributed by atoms with Crippen molar-refractivity contribution in [2.24, 2.45) is 5.10 Å². The van der Waals surface area contributed by atoms with Gasteiger partial charge >= 0.3 is 0 Å². The van der Waals surface area contributed by atoms with E-state index in [1.165, 1.54) is 11.0 Å². The number of ether oxygens (including phenoxy) is 1. The molecule has 2 heterocycles. The maximum absolute atomic E-state index is 6.06. The van der Waals surface area contributed by atoms with Crippen LogP contribution in [0.5, 0.6) is 5.75 Å². The zero-order valence-corrected chi connectivity index (χ0v) is 13.8. The first kappa shape index (κ1) is 15.5. The fraction of sp³-hybridized carbons (Fsp3) is 0.133. The lowest BCUT2D eigenvalue weighted by Gasteiger charge is -2.08. The quantitative estimate of drug-likeness (QED) is 0.559. The number of benzene rings is 1. The minimum Gasteiger partial charge on any atom is -0.485 e. The van der Waals surface area contributed by atoms with Crippen LogP contribution < -0.4 is 4.74 Å². The number of nitrogens with zero attached hydrogens (tertiary/aromatic N) is 3. The second-order valence-corrected chi connectivity index (χ2v) is 5.50. The topological polar surface area (TPSA) is 68.3 Å². The third-order valence-electron chi connectivity index (χ3n) is 3.12. The molecule has 0 aliphatic heterocycles. The van der Waals surface area contributed by atoms with Crippen molar-refractivity contribution < 1.29 is 9.15 Å². The summed E-state index contributed by atoms with van der Waals surface area (Å²) in [6.07, 6.45) is 3.03. The van der Waals surface area contributed by atoms with Crippen molar-refractivity contribution in [1.82, 2.24) is 14.9 Å². The van der Waals surface area contributed by atoms with Crippen LogP contribution in [0.1, 0.15) is 17.1 Å². The van der Waals surface area contributed by atoms with Crippen LogP contribution in [0.2, 0.25) is 5.02 Å². The summed E-state index contributed by atoms with van der Waals surface area (Å²) in [5.74, 6) is 2.00. The average molecular weight is 349 g/mol. The van der Waals surface area contributed by atoms with Crippen LogP contribution in [0.4, 0.5) is 0 Å². The lowest BCUT2D eigenvalue weighted by atomic mass is 10.2. The standard InChI is InChI=1S/C15H13ClN4O2S/c1-10-13(16)3-2-4-14(10)21-8-12-6-5-11(22-12)7-18-20-9-17-19-15(20)23/h2-7,9H,8H2,1H3,(H,19,23)/b18-7+. The van der Waals surface area contributed by atoms with E-state index >= 15 is 0 Å². The van der Waals surface area contributed by atoms with Crippen LogP contribution in [0, 0.1) is 11.7 Å². The average Bonchev–Trinajstić information content (AvgIpc) is 3.15. The zero-order chi connectivity index (χ0) is 16.2. The minimum absolute atomic E-state index is 0.306. The van der Waals surface area contributed by atoms with Crippen LogP contribution in [-0.4, -0.2) is 21.1 Å². The lowest BCUT2D eigenvalue weighted by molar-refractivity contribution is 0.268. The van der Waals surface area contributed by atoms with Gasteiger partial charge in [-0.1, -0.05) is 17.7 Å². The number of aromatic nitrogens is 3. The summed E-state index contributed by atoms with van der Waals surface area (Å²) in [6, 6.07) is 9.17. The van der Waals surface area contributed by atoms with Crippen LogP contribution in [0.3, 0.4) is 0 Å². The molecule has 0 aliphatic carbocycles. The predicted octanol–water partition coefficient (Wildman–Crippen LogP) is 3.96. The molecule has 0 radical (unpaired) electrons. The second kappa shape index (κ2) is 6.80. The first-order valence-electron chi connectivity index (χ1n) is 6.76. The highest BCUT2D eigenvalue weighted by atomic mass is 35.5. The number of hydrogen-bond acceptors (Lipinski definition) is 5. The van der Waals surface area contributed by atoms with Gasteiger partial charge in [-0.3, -0.25) is 5.10 Å². The SMILES string of the molecule is Cc1c(Cl)cccc1OCc1ccc(/C=N/n2cn[nH]c2=S)o1. The van der Waals surface area contributed by atoms with Gasteiger partial charge in [0.15, 0.2) is 0 Å². The Morgan fingerprint density at radius 1 is 1.43 bits per heavy atom. The van der Waals surface area contributed by atoms with Gasteiger partial charge in [-0.15, -0.1) is 0 Å². The molecule has 0 fully saturated rings. The largest absolute Gasteiger partial charge is 0.485 e. The summed E-state index contributed by atoms with van der Waals surface area (Å²) in [4.78, 5) is 0. The Morgan fingerprint density at radius 2 is 2.30 bits per heavy atom. The van der Waals surface area contributed by atoms with Gasteiger partial charge < -0.3 is 9.15 Å². The van der Waals surface area contributed by atoms with Crippen molar-refractivity contribution in [3.63, 3.8) is 0 Å². The van der Waals surface area contributed by atoms with Crippen molar-refractivity contribution in [2.45, 2.75) is 13.5 Å². The third-order valence-corrected chi connectivity index (χ3v) is 3.80. The third kappa shape index (κ3) is 3.69. The van der Waals surface area contributed by atoms with Crippen molar-refractivity contribution in [3.05, 3.63) is 63.5 Å². The van der Waals surface area contributed by atoms with Gasteiger partial charge in [0.1, 0.15) is 30.2 Å². The highest BCUT2D eigenvalue weighted by molar-refractivity contribution is 7.71. The number of rotatable bonds is 5. The molecule has 0 amide bonds. The molecule has 118 valence electrons. The molecule has 0 spiro atoms. The van der Waals surface area contributed by atoms with Crippen LogP contribution in [0.15, 0.2) is 46.2 Å². The van der Waals surface area contributed by atoms with E-state index in [0.717, 1.165) is 11.3 Å². The van der Waals surface area contributed by atoms with E-state index in [-0.39, 0.29) is 0 Å². The van der Waals surface area contributed by atoms with Gasteiger partial charge in [-0.2, -0.15) is 14.9 Å². The fourth-order valence-corrected chi connectivity index (χ4v) is 2.19. The Balaban J connectivity index is 1.66. The maximum Gasteiger partial charge on any atom is 0.216 e. The molecule has 8 heteroatoms. The van der Waals surface area contributed by atoms with Gasteiger partial charge in [0.05, 0.1) is 6.21 Å². The molecule has 23 heavy (non-hydrogen) atoms. The zero-order valence-electron chi connectivity index (χ0n) is 12.2. The highest BCUT2D eigenvalue weighted by Crippen LogP contribution is 2.25. The minimum atomic E-state index is 0.306. The van der Waals surface area contributed by atoms with E-state index < -0.39 is 0 Å². The molecule has 0 bridgehead atoms. The van der Waals surface area contributed by atoms with Crippen LogP contribution in [-0.2, 0) is 6.61 Å². The second-order valence-electron chi connectivity index (χ2n) is 4.71. The number of hydrogen-bond donors (Lipinski definition) is 1. The Bertz CT molecular complexity index is 897. The summed E-state index contributed by atoms with van der Waals surface area (Å²) in [7, 11) is 0. The molecule has 0 saturated heterocycles. The van der Waals surface area contributed by atoms with Gasteiger partial charge in [-0.05, 0) is 43.4 Å². The molecule has 0 atom stereocenters. The lowest BCUT2D eigenvalue weighted by Crippen LogP contribution is -1.96. The van der Waals surface area contributed by atoms with Crippen molar-refractivity contribution in [1.29, 1.82) is 0 Å². The van der Waals surface area contributed by atoms with Crippen molar-refractivity contribution in [3.8, 4) is 5.75 Å².